The molecule has 5 nitrogen and oxygen atoms in total. The first-order valence-corrected chi connectivity index (χ1v) is 8.68. The summed E-state index contributed by atoms with van der Waals surface area (Å²) in [5, 5.41) is 19.5. The molecular weight excluding hydrogens is 296 g/mol. The molecule has 1 fully saturated rings. The quantitative estimate of drug-likeness (QED) is 0.502. The maximum Gasteiger partial charge on any atom is 0.184 e. The van der Waals surface area contributed by atoms with Crippen molar-refractivity contribution in [3.63, 3.8) is 0 Å². The molecule has 0 spiro atoms. The molecule has 0 bridgehead atoms. The highest BCUT2D eigenvalue weighted by Gasteiger charge is 2.35. The molecule has 0 aliphatic carbocycles. The van der Waals surface area contributed by atoms with Crippen LogP contribution < -0.4 is 0 Å². The van der Waals surface area contributed by atoms with E-state index in [-0.39, 0.29) is 30.3 Å². The Balaban J connectivity index is 2.17. The second-order valence-electron chi connectivity index (χ2n) is 6.77. The van der Waals surface area contributed by atoms with Crippen molar-refractivity contribution < 1.29 is 24.5 Å². The number of aliphatic hydroxyl groups is 2. The normalized spacial score (nSPS) is 30.0. The van der Waals surface area contributed by atoms with Crippen LogP contribution in [-0.2, 0) is 14.3 Å². The monoisotopic (exact) mass is 328 g/mol. The van der Waals surface area contributed by atoms with Gasteiger partial charge >= 0.3 is 0 Å². The highest BCUT2D eigenvalue weighted by molar-refractivity contribution is 5.91. The average Bonchev–Trinajstić information content (AvgIpc) is 2.47. The van der Waals surface area contributed by atoms with Crippen molar-refractivity contribution >= 4 is 5.78 Å². The zero-order chi connectivity index (χ0) is 17.4. The molecular formula is C18H32O5. The van der Waals surface area contributed by atoms with Crippen LogP contribution in [0, 0.1) is 5.92 Å². The Hall–Kier alpha value is -0.750. The van der Waals surface area contributed by atoms with Crippen LogP contribution in [0.4, 0.5) is 0 Å². The van der Waals surface area contributed by atoms with Crippen molar-refractivity contribution in [2.75, 3.05) is 0 Å². The van der Waals surface area contributed by atoms with Crippen molar-refractivity contribution in [1.82, 2.24) is 0 Å². The van der Waals surface area contributed by atoms with Crippen molar-refractivity contribution in [3.05, 3.63) is 12.2 Å². The van der Waals surface area contributed by atoms with E-state index >= 15 is 0 Å². The van der Waals surface area contributed by atoms with E-state index in [1.54, 1.807) is 13.0 Å². The van der Waals surface area contributed by atoms with Gasteiger partial charge in [-0.3, -0.25) is 4.79 Å². The smallest absolute Gasteiger partial charge is 0.184 e. The summed E-state index contributed by atoms with van der Waals surface area (Å²) in [7, 11) is 0. The number of rotatable bonds is 9. The van der Waals surface area contributed by atoms with Gasteiger partial charge in [0.15, 0.2) is 12.1 Å². The van der Waals surface area contributed by atoms with Gasteiger partial charge < -0.3 is 19.7 Å². The Morgan fingerprint density at radius 1 is 1.26 bits per heavy atom. The lowest BCUT2D eigenvalue weighted by Gasteiger charge is -2.36. The van der Waals surface area contributed by atoms with E-state index in [0.717, 1.165) is 25.7 Å². The minimum Gasteiger partial charge on any atom is -0.390 e. The Labute approximate surface area is 139 Å². The Morgan fingerprint density at radius 2 is 1.96 bits per heavy atom. The van der Waals surface area contributed by atoms with Gasteiger partial charge in [-0.1, -0.05) is 26.3 Å². The van der Waals surface area contributed by atoms with Crippen LogP contribution in [0.25, 0.3) is 0 Å². The lowest BCUT2D eigenvalue weighted by Crippen LogP contribution is -2.48. The number of carbonyl (C=O) groups is 1. The zero-order valence-electron chi connectivity index (χ0n) is 14.8. The molecule has 23 heavy (non-hydrogen) atoms. The number of allylic oxidation sites excluding steroid dienone is 2. The molecule has 2 N–H and O–H groups in total. The van der Waals surface area contributed by atoms with E-state index in [0.29, 0.717) is 0 Å². The van der Waals surface area contributed by atoms with Gasteiger partial charge in [0, 0.05) is 12.3 Å². The molecule has 1 rings (SSSR count). The molecule has 0 saturated carbocycles. The maximum atomic E-state index is 11.4. The fourth-order valence-corrected chi connectivity index (χ4v) is 2.45. The summed E-state index contributed by atoms with van der Waals surface area (Å²) in [6, 6.07) is 0. The first kappa shape index (κ1) is 20.3. The van der Waals surface area contributed by atoms with E-state index in [4.69, 9.17) is 9.47 Å². The van der Waals surface area contributed by atoms with Crippen LogP contribution in [0.5, 0.6) is 0 Å². The Kier molecular flexibility index (Phi) is 8.99. The van der Waals surface area contributed by atoms with Gasteiger partial charge in [0.1, 0.15) is 6.10 Å². The predicted octanol–water partition coefficient (Wildman–Crippen LogP) is 2.59. The molecule has 134 valence electrons. The molecule has 1 saturated heterocycles. The van der Waals surface area contributed by atoms with Crippen LogP contribution >= 0.6 is 0 Å². The molecule has 0 aromatic rings. The maximum absolute atomic E-state index is 11.4. The number of ketones is 1. The lowest BCUT2D eigenvalue weighted by molar-refractivity contribution is -0.273. The van der Waals surface area contributed by atoms with Gasteiger partial charge in [-0.05, 0) is 39.2 Å². The second kappa shape index (κ2) is 10.2. The second-order valence-corrected chi connectivity index (χ2v) is 6.77. The average molecular weight is 328 g/mol. The first-order chi connectivity index (χ1) is 10.8. The van der Waals surface area contributed by atoms with Crippen LogP contribution in [0.15, 0.2) is 12.2 Å². The van der Waals surface area contributed by atoms with Gasteiger partial charge in [-0.25, -0.2) is 0 Å². The van der Waals surface area contributed by atoms with Crippen LogP contribution in [0.1, 0.15) is 59.8 Å². The summed E-state index contributed by atoms with van der Waals surface area (Å²) in [4.78, 5) is 11.4. The summed E-state index contributed by atoms with van der Waals surface area (Å²) < 4.78 is 11.2. The molecule has 0 amide bonds. The highest BCUT2D eigenvalue weighted by atomic mass is 16.7. The minimum absolute atomic E-state index is 0.0154. The number of carbonyl (C=O) groups excluding carboxylic acids is 1. The van der Waals surface area contributed by atoms with Crippen molar-refractivity contribution in [1.29, 1.82) is 0 Å². The number of ether oxygens (including phenoxy) is 2. The Bertz CT molecular complexity index is 380. The third-order valence-corrected chi connectivity index (χ3v) is 4.14. The summed E-state index contributed by atoms with van der Waals surface area (Å²) in [5.41, 5.74) is 0. The predicted molar refractivity (Wildman–Crippen MR) is 89.0 cm³/mol. The van der Waals surface area contributed by atoms with Gasteiger partial charge in [-0.2, -0.15) is 0 Å². The van der Waals surface area contributed by atoms with E-state index in [9.17, 15) is 15.0 Å². The molecule has 5 heteroatoms. The number of aliphatic hydroxyl groups excluding tert-OH is 2. The lowest BCUT2D eigenvalue weighted by atomic mass is 10.0. The van der Waals surface area contributed by atoms with E-state index in [1.165, 1.54) is 0 Å². The Morgan fingerprint density at radius 3 is 2.61 bits per heavy atom. The molecule has 5 atom stereocenters. The number of hydrogen-bond donors (Lipinski definition) is 2. The summed E-state index contributed by atoms with van der Waals surface area (Å²) in [6.45, 7) is 7.53. The third kappa shape index (κ3) is 7.57. The zero-order valence-corrected chi connectivity index (χ0v) is 14.8. The summed E-state index contributed by atoms with van der Waals surface area (Å²) in [5.74, 6) is 0.226. The van der Waals surface area contributed by atoms with Crippen LogP contribution in [0.2, 0.25) is 0 Å². The number of unbranched alkanes of at least 4 members (excludes halogenated alkanes) is 2. The molecule has 0 aromatic heterocycles. The molecule has 1 unspecified atom stereocenters. The summed E-state index contributed by atoms with van der Waals surface area (Å²) in [6.07, 6.45) is 5.22. The molecule has 0 aromatic carbocycles. The van der Waals surface area contributed by atoms with Crippen molar-refractivity contribution in [2.24, 2.45) is 5.92 Å². The summed E-state index contributed by atoms with van der Waals surface area (Å²) >= 11 is 0. The van der Waals surface area contributed by atoms with Gasteiger partial charge in [0.2, 0.25) is 0 Å². The van der Waals surface area contributed by atoms with Crippen molar-refractivity contribution in [3.8, 4) is 0 Å². The fourth-order valence-electron chi connectivity index (χ4n) is 2.45. The SMILES string of the molecule is CC(CCCC/C=C/C(=O)C(C)C)O[C@@H]1O[C@@H](C)[C@H](O)C[C@H]1O. The van der Waals surface area contributed by atoms with Gasteiger partial charge in [0.05, 0.1) is 18.3 Å². The van der Waals surface area contributed by atoms with E-state index in [2.05, 4.69) is 0 Å². The molecule has 0 radical (unpaired) electrons. The van der Waals surface area contributed by atoms with E-state index < -0.39 is 18.5 Å². The van der Waals surface area contributed by atoms with Crippen LogP contribution in [0.3, 0.4) is 0 Å². The van der Waals surface area contributed by atoms with E-state index in [1.807, 2.05) is 26.8 Å². The topological polar surface area (TPSA) is 76.0 Å². The third-order valence-electron chi connectivity index (χ3n) is 4.14. The first-order valence-electron chi connectivity index (χ1n) is 8.68. The number of hydrogen-bond acceptors (Lipinski definition) is 5. The highest BCUT2D eigenvalue weighted by Crippen LogP contribution is 2.23. The molecule has 1 heterocycles. The van der Waals surface area contributed by atoms with Gasteiger partial charge in [0.25, 0.3) is 0 Å². The van der Waals surface area contributed by atoms with Crippen molar-refractivity contribution in [2.45, 2.75) is 90.5 Å². The largest absolute Gasteiger partial charge is 0.390 e. The molecule has 1 aliphatic rings. The minimum atomic E-state index is -0.784. The van der Waals surface area contributed by atoms with Crippen LogP contribution in [-0.4, -0.2) is 46.7 Å². The fraction of sp³-hybridized carbons (Fsp3) is 0.833. The standard InChI is InChI=1S/C18H32O5/c1-12(2)15(19)10-8-6-5-7-9-13(3)22-18-17(21)11-16(20)14(4)23-18/h8,10,12-14,16-18,20-21H,5-7,9,11H2,1-4H3/b10-8+/t13?,14-,16+,17+,18+/m0/s1. The van der Waals surface area contributed by atoms with Gasteiger partial charge in [-0.15, -0.1) is 0 Å². The molecule has 1 aliphatic heterocycles.